The van der Waals surface area contributed by atoms with Crippen LogP contribution in [0.2, 0.25) is 0 Å². The summed E-state index contributed by atoms with van der Waals surface area (Å²) in [6.07, 6.45) is 0. The summed E-state index contributed by atoms with van der Waals surface area (Å²) in [4.78, 5) is 36.1. The van der Waals surface area contributed by atoms with E-state index >= 15 is 0 Å². The lowest BCUT2D eigenvalue weighted by Gasteiger charge is -2.16. The first-order valence-corrected chi connectivity index (χ1v) is 6.35. The molecule has 2 aromatic carbocycles. The number of fused-ring (bicyclic) bond motifs is 1. The standard InChI is InChI=1S/C16H11NO4/c18-14-12-3-1-2-4-13(12)17(15(14)19)9-10-5-7-11(8-6-10)16(20)21/h1-8H,9H2,(H,20,21). The molecule has 1 aliphatic heterocycles. The second-order valence-corrected chi connectivity index (χ2v) is 4.74. The lowest BCUT2D eigenvalue weighted by Crippen LogP contribution is -2.29. The van der Waals surface area contributed by atoms with Crippen LogP contribution in [0, 0.1) is 0 Å². The van der Waals surface area contributed by atoms with Crippen molar-refractivity contribution >= 4 is 23.3 Å². The van der Waals surface area contributed by atoms with Crippen molar-refractivity contribution in [3.05, 3.63) is 65.2 Å². The highest BCUT2D eigenvalue weighted by atomic mass is 16.4. The Kier molecular flexibility index (Phi) is 3.02. The fourth-order valence-corrected chi connectivity index (χ4v) is 2.34. The quantitative estimate of drug-likeness (QED) is 0.874. The van der Waals surface area contributed by atoms with Gasteiger partial charge in [-0.2, -0.15) is 0 Å². The molecule has 0 aromatic heterocycles. The second-order valence-electron chi connectivity index (χ2n) is 4.74. The highest BCUT2D eigenvalue weighted by molar-refractivity contribution is 6.52. The third kappa shape index (κ3) is 2.18. The Labute approximate surface area is 120 Å². The van der Waals surface area contributed by atoms with E-state index in [9.17, 15) is 14.4 Å². The third-order valence-electron chi connectivity index (χ3n) is 3.42. The van der Waals surface area contributed by atoms with Crippen molar-refractivity contribution in [2.24, 2.45) is 0 Å². The lowest BCUT2D eigenvalue weighted by molar-refractivity contribution is -0.114. The van der Waals surface area contributed by atoms with E-state index in [1.807, 2.05) is 0 Å². The maximum absolute atomic E-state index is 12.0. The maximum Gasteiger partial charge on any atom is 0.335 e. The van der Waals surface area contributed by atoms with Gasteiger partial charge in [0.1, 0.15) is 0 Å². The van der Waals surface area contributed by atoms with E-state index < -0.39 is 17.7 Å². The normalized spacial score (nSPS) is 13.4. The monoisotopic (exact) mass is 281 g/mol. The minimum atomic E-state index is -1.00. The number of para-hydroxylation sites is 1. The van der Waals surface area contributed by atoms with E-state index in [1.165, 1.54) is 17.0 Å². The predicted molar refractivity (Wildman–Crippen MR) is 75.4 cm³/mol. The van der Waals surface area contributed by atoms with Gasteiger partial charge in [0, 0.05) is 0 Å². The highest BCUT2D eigenvalue weighted by Gasteiger charge is 2.35. The number of hydrogen-bond donors (Lipinski definition) is 1. The molecular formula is C16H11NO4. The number of carbonyl (C=O) groups excluding carboxylic acids is 2. The zero-order valence-corrected chi connectivity index (χ0v) is 10.9. The molecule has 0 aliphatic carbocycles. The molecule has 0 spiro atoms. The van der Waals surface area contributed by atoms with Crippen LogP contribution in [0.15, 0.2) is 48.5 Å². The summed E-state index contributed by atoms with van der Waals surface area (Å²) in [7, 11) is 0. The Morgan fingerprint density at radius 3 is 2.33 bits per heavy atom. The summed E-state index contributed by atoms with van der Waals surface area (Å²) in [5, 5.41) is 8.86. The van der Waals surface area contributed by atoms with Gasteiger partial charge in [0.05, 0.1) is 23.4 Å². The minimum absolute atomic E-state index is 0.183. The molecule has 5 nitrogen and oxygen atoms in total. The number of amides is 1. The molecule has 0 saturated heterocycles. The summed E-state index contributed by atoms with van der Waals surface area (Å²) in [5.41, 5.74) is 1.94. The van der Waals surface area contributed by atoms with Crippen molar-refractivity contribution in [3.8, 4) is 0 Å². The summed E-state index contributed by atoms with van der Waals surface area (Å²) < 4.78 is 0. The van der Waals surface area contributed by atoms with Crippen LogP contribution in [-0.4, -0.2) is 22.8 Å². The summed E-state index contributed by atoms with van der Waals surface area (Å²) in [5.74, 6) is -2.06. The van der Waals surface area contributed by atoms with Crippen molar-refractivity contribution in [2.45, 2.75) is 6.54 Å². The molecule has 0 unspecified atom stereocenters. The molecular weight excluding hydrogens is 270 g/mol. The molecule has 1 amide bonds. The average Bonchev–Trinajstić information content (AvgIpc) is 2.73. The molecule has 3 rings (SSSR count). The van der Waals surface area contributed by atoms with Gasteiger partial charge in [0.15, 0.2) is 0 Å². The Bertz CT molecular complexity index is 749. The number of anilines is 1. The molecule has 21 heavy (non-hydrogen) atoms. The van der Waals surface area contributed by atoms with Gasteiger partial charge in [-0.3, -0.25) is 9.59 Å². The number of hydrogen-bond acceptors (Lipinski definition) is 3. The number of benzene rings is 2. The number of aromatic carboxylic acids is 1. The Morgan fingerprint density at radius 2 is 1.67 bits per heavy atom. The van der Waals surface area contributed by atoms with Crippen molar-refractivity contribution in [1.82, 2.24) is 0 Å². The molecule has 0 fully saturated rings. The molecule has 0 atom stereocenters. The van der Waals surface area contributed by atoms with Crippen LogP contribution < -0.4 is 4.90 Å². The molecule has 1 heterocycles. The SMILES string of the molecule is O=C(O)c1ccc(CN2C(=O)C(=O)c3ccccc32)cc1. The molecule has 1 N–H and O–H groups in total. The van der Waals surface area contributed by atoms with Gasteiger partial charge in [-0.25, -0.2) is 4.79 Å². The number of carboxylic acid groups (broad SMARTS) is 1. The summed E-state index contributed by atoms with van der Waals surface area (Å²) >= 11 is 0. The lowest BCUT2D eigenvalue weighted by atomic mass is 10.1. The van der Waals surface area contributed by atoms with E-state index in [4.69, 9.17) is 5.11 Å². The van der Waals surface area contributed by atoms with Crippen LogP contribution in [0.1, 0.15) is 26.3 Å². The largest absolute Gasteiger partial charge is 0.478 e. The Hall–Kier alpha value is -2.95. The molecule has 0 bridgehead atoms. The van der Waals surface area contributed by atoms with E-state index in [-0.39, 0.29) is 12.1 Å². The van der Waals surface area contributed by atoms with Crippen LogP contribution in [0.5, 0.6) is 0 Å². The Morgan fingerprint density at radius 1 is 1.00 bits per heavy atom. The molecule has 1 aliphatic rings. The minimum Gasteiger partial charge on any atom is -0.478 e. The second kappa shape index (κ2) is 4.86. The number of Topliss-reactive ketones (excluding diaryl/α,β-unsaturated/α-hetero) is 1. The van der Waals surface area contributed by atoms with Crippen LogP contribution in [0.3, 0.4) is 0 Å². The predicted octanol–water partition coefficient (Wildman–Crippen LogP) is 2.11. The van der Waals surface area contributed by atoms with Gasteiger partial charge in [-0.1, -0.05) is 24.3 Å². The van der Waals surface area contributed by atoms with Crippen LogP contribution in [0.25, 0.3) is 0 Å². The fourth-order valence-electron chi connectivity index (χ4n) is 2.34. The average molecular weight is 281 g/mol. The van der Waals surface area contributed by atoms with Crippen LogP contribution >= 0.6 is 0 Å². The number of carbonyl (C=O) groups is 3. The van der Waals surface area contributed by atoms with Crippen molar-refractivity contribution in [1.29, 1.82) is 0 Å². The zero-order valence-electron chi connectivity index (χ0n) is 10.9. The molecule has 5 heteroatoms. The number of nitrogens with zero attached hydrogens (tertiary/aromatic N) is 1. The van der Waals surface area contributed by atoms with Gasteiger partial charge < -0.3 is 10.0 Å². The Balaban J connectivity index is 1.90. The van der Waals surface area contributed by atoms with Crippen molar-refractivity contribution < 1.29 is 19.5 Å². The van der Waals surface area contributed by atoms with Gasteiger partial charge in [0.25, 0.3) is 11.7 Å². The van der Waals surface area contributed by atoms with Gasteiger partial charge in [-0.15, -0.1) is 0 Å². The van der Waals surface area contributed by atoms with Crippen LogP contribution in [0.4, 0.5) is 5.69 Å². The zero-order chi connectivity index (χ0) is 15.0. The van der Waals surface area contributed by atoms with E-state index in [0.717, 1.165) is 5.56 Å². The van der Waals surface area contributed by atoms with Gasteiger partial charge in [0.2, 0.25) is 0 Å². The van der Waals surface area contributed by atoms with Crippen LogP contribution in [-0.2, 0) is 11.3 Å². The first-order valence-electron chi connectivity index (χ1n) is 6.35. The van der Waals surface area contributed by atoms with E-state index in [2.05, 4.69) is 0 Å². The molecule has 104 valence electrons. The summed E-state index contributed by atoms with van der Waals surface area (Å²) in [6.45, 7) is 0.238. The van der Waals surface area contributed by atoms with Crippen molar-refractivity contribution in [3.63, 3.8) is 0 Å². The fraction of sp³-hybridized carbons (Fsp3) is 0.0625. The molecule has 2 aromatic rings. The first-order chi connectivity index (χ1) is 10.1. The number of rotatable bonds is 3. The van der Waals surface area contributed by atoms with Gasteiger partial charge >= 0.3 is 5.97 Å². The molecule has 0 radical (unpaired) electrons. The highest BCUT2D eigenvalue weighted by Crippen LogP contribution is 2.29. The smallest absolute Gasteiger partial charge is 0.335 e. The topological polar surface area (TPSA) is 74.7 Å². The molecule has 0 saturated carbocycles. The third-order valence-corrected chi connectivity index (χ3v) is 3.42. The summed E-state index contributed by atoms with van der Waals surface area (Å²) in [6, 6.07) is 13.1. The first kappa shape index (κ1) is 13.1. The van der Waals surface area contributed by atoms with E-state index in [0.29, 0.717) is 11.3 Å². The maximum atomic E-state index is 12.0. The van der Waals surface area contributed by atoms with E-state index in [1.54, 1.807) is 36.4 Å². The van der Waals surface area contributed by atoms with Crippen molar-refractivity contribution in [2.75, 3.05) is 4.90 Å². The number of ketones is 1. The van der Waals surface area contributed by atoms with Gasteiger partial charge in [-0.05, 0) is 29.8 Å². The number of carboxylic acids is 1.